The predicted octanol–water partition coefficient (Wildman–Crippen LogP) is 9.63. The number of carbonyl (C=O) groups is 4. The molecule has 1 aliphatic rings. The summed E-state index contributed by atoms with van der Waals surface area (Å²) in [5, 5.41) is 14.7. The summed E-state index contributed by atoms with van der Waals surface area (Å²) in [6.07, 6.45) is 15.5. The summed E-state index contributed by atoms with van der Waals surface area (Å²) < 4.78 is 22.9. The number of benzene rings is 3. The molecule has 4 rings (SSSR count). The molecule has 0 aromatic heterocycles. The van der Waals surface area contributed by atoms with Crippen molar-refractivity contribution >= 4 is 30.0 Å². The van der Waals surface area contributed by atoms with Crippen LogP contribution >= 0.6 is 0 Å². The van der Waals surface area contributed by atoms with Gasteiger partial charge in [-0.15, -0.1) is 6.58 Å². The van der Waals surface area contributed by atoms with Crippen LogP contribution in [-0.2, 0) is 14.4 Å². The van der Waals surface area contributed by atoms with Crippen LogP contribution in [0.2, 0.25) is 0 Å². The van der Waals surface area contributed by atoms with Crippen LogP contribution < -0.4 is 9.47 Å². The molecule has 1 aliphatic carbocycles. The standard InChI is InChI=1S/C28H21FO4.C6H14.C4H6O2.CH2O2/c1-19(29)27(30)32-25-17-13-24(14-18-25)28(31)33-26-15-11-23(12-16-26)22-9-7-21(8-10-22)20-5-3-2-4-6-20;1-3-5-6-4-2;1-2-3-4(5)6;2-1-3/h2-3,5,7-18H,1,4,6H2;3-6H2,1-2H3;2H,1,3H2,(H,5,6);1H,(H,2,3). The van der Waals surface area contributed by atoms with Crippen molar-refractivity contribution in [2.24, 2.45) is 0 Å². The topological polar surface area (TPSA) is 127 Å². The fourth-order valence-electron chi connectivity index (χ4n) is 4.05. The van der Waals surface area contributed by atoms with Crippen LogP contribution in [0.15, 0.2) is 116 Å². The van der Waals surface area contributed by atoms with Crippen LogP contribution in [-0.4, -0.2) is 34.6 Å². The lowest BCUT2D eigenvalue weighted by atomic mass is 9.95. The zero-order valence-corrected chi connectivity index (χ0v) is 27.4. The first-order valence-electron chi connectivity index (χ1n) is 15.5. The van der Waals surface area contributed by atoms with Crippen molar-refractivity contribution in [3.63, 3.8) is 0 Å². The summed E-state index contributed by atoms with van der Waals surface area (Å²) in [5.41, 5.74) is 4.92. The highest BCUT2D eigenvalue weighted by Gasteiger charge is 2.12. The molecule has 8 nitrogen and oxygen atoms in total. The fourth-order valence-corrected chi connectivity index (χ4v) is 4.05. The maximum absolute atomic E-state index is 12.7. The van der Waals surface area contributed by atoms with E-state index in [0.29, 0.717) is 5.75 Å². The molecule has 0 saturated carbocycles. The van der Waals surface area contributed by atoms with Gasteiger partial charge in [0.25, 0.3) is 6.47 Å². The zero-order chi connectivity index (χ0) is 35.7. The van der Waals surface area contributed by atoms with Crippen LogP contribution in [0.1, 0.15) is 74.7 Å². The number of unbranched alkanes of at least 4 members (excludes halogenated alkanes) is 3. The third-order valence-electron chi connectivity index (χ3n) is 6.47. The minimum Gasteiger partial charge on any atom is -0.483 e. The molecule has 0 atom stereocenters. The van der Waals surface area contributed by atoms with E-state index in [1.54, 1.807) is 12.1 Å². The van der Waals surface area contributed by atoms with Crippen LogP contribution in [0.5, 0.6) is 11.5 Å². The Balaban J connectivity index is 0.000000644. The van der Waals surface area contributed by atoms with E-state index in [2.05, 4.69) is 69.5 Å². The van der Waals surface area contributed by atoms with Gasteiger partial charge in [-0.25, -0.2) is 9.59 Å². The first kappa shape index (κ1) is 40.5. The molecule has 9 heteroatoms. The van der Waals surface area contributed by atoms with Crippen molar-refractivity contribution in [2.45, 2.75) is 58.8 Å². The molecule has 0 spiro atoms. The normalized spacial score (nSPS) is 10.9. The predicted molar refractivity (Wildman–Crippen MR) is 186 cm³/mol. The van der Waals surface area contributed by atoms with Gasteiger partial charge in [-0.05, 0) is 71.5 Å². The third-order valence-corrected chi connectivity index (χ3v) is 6.47. The second-order valence-corrected chi connectivity index (χ2v) is 10.2. The molecule has 0 heterocycles. The highest BCUT2D eigenvalue weighted by Crippen LogP contribution is 2.28. The van der Waals surface area contributed by atoms with Gasteiger partial charge in [0, 0.05) is 0 Å². The lowest BCUT2D eigenvalue weighted by Gasteiger charge is -2.10. The third kappa shape index (κ3) is 16.1. The van der Waals surface area contributed by atoms with Gasteiger partial charge >= 0.3 is 17.9 Å². The first-order valence-corrected chi connectivity index (χ1v) is 15.5. The molecule has 2 N–H and O–H groups in total. The van der Waals surface area contributed by atoms with E-state index < -0.39 is 23.7 Å². The summed E-state index contributed by atoms with van der Waals surface area (Å²) >= 11 is 0. The van der Waals surface area contributed by atoms with Crippen LogP contribution in [0.25, 0.3) is 16.7 Å². The summed E-state index contributed by atoms with van der Waals surface area (Å²) in [6.45, 7) is 10.3. The van der Waals surface area contributed by atoms with Crippen molar-refractivity contribution in [1.29, 1.82) is 0 Å². The number of hydrogen-bond donors (Lipinski definition) is 2. The SMILES string of the molecule is C=C(F)C(=O)Oc1ccc(C(=O)Oc2ccc(-c3ccc(C4=CC=CCC4)cc3)cc2)cc1.C=CCC(=O)O.CCCCCC.O=CO. The number of allylic oxidation sites excluding steroid dienone is 4. The second kappa shape index (κ2) is 23.7. The van der Waals surface area contributed by atoms with E-state index >= 15 is 0 Å². The Bertz CT molecular complexity index is 1520. The van der Waals surface area contributed by atoms with E-state index in [-0.39, 0.29) is 24.2 Å². The van der Waals surface area contributed by atoms with E-state index in [9.17, 15) is 18.8 Å². The number of carbonyl (C=O) groups excluding carboxylic acids is 2. The Morgan fingerprint density at radius 1 is 0.833 bits per heavy atom. The fraction of sp³-hybridized carbons (Fsp3) is 0.231. The van der Waals surface area contributed by atoms with Gasteiger partial charge in [-0.2, -0.15) is 4.39 Å². The smallest absolute Gasteiger partial charge is 0.371 e. The number of carboxylic acid groups (broad SMARTS) is 2. The van der Waals surface area contributed by atoms with Gasteiger partial charge in [0.1, 0.15) is 11.5 Å². The summed E-state index contributed by atoms with van der Waals surface area (Å²) in [4.78, 5) is 41.5. The Morgan fingerprint density at radius 2 is 1.31 bits per heavy atom. The van der Waals surface area contributed by atoms with E-state index in [1.165, 1.54) is 67.2 Å². The van der Waals surface area contributed by atoms with Gasteiger partial charge < -0.3 is 19.7 Å². The Kier molecular flexibility index (Phi) is 20.0. The Labute approximate surface area is 281 Å². The largest absolute Gasteiger partial charge is 0.483 e. The van der Waals surface area contributed by atoms with Crippen LogP contribution in [0, 0.1) is 0 Å². The van der Waals surface area contributed by atoms with Crippen molar-refractivity contribution in [1.82, 2.24) is 0 Å². The minimum atomic E-state index is -1.20. The number of esters is 2. The van der Waals surface area contributed by atoms with Crippen molar-refractivity contribution < 1.29 is 43.3 Å². The summed E-state index contributed by atoms with van der Waals surface area (Å²) in [6, 6.07) is 21.3. The lowest BCUT2D eigenvalue weighted by molar-refractivity contribution is -0.136. The van der Waals surface area contributed by atoms with E-state index in [4.69, 9.17) is 24.5 Å². The number of hydrogen-bond acceptors (Lipinski definition) is 6. The van der Waals surface area contributed by atoms with Gasteiger partial charge in [0.15, 0.2) is 0 Å². The number of halogens is 1. The molecule has 48 heavy (non-hydrogen) atoms. The monoisotopic (exact) mass is 658 g/mol. The second-order valence-electron chi connectivity index (χ2n) is 10.2. The Hall–Kier alpha value is -5.57. The molecule has 254 valence electrons. The van der Waals surface area contributed by atoms with Crippen LogP contribution in [0.3, 0.4) is 0 Å². The molecular weight excluding hydrogens is 615 g/mol. The summed E-state index contributed by atoms with van der Waals surface area (Å²) in [5.74, 6) is -3.26. The number of carboxylic acids is 1. The van der Waals surface area contributed by atoms with Crippen molar-refractivity contribution in [3.8, 4) is 22.6 Å². The molecule has 0 bridgehead atoms. The lowest BCUT2D eigenvalue weighted by Crippen LogP contribution is -2.10. The molecule has 0 aliphatic heterocycles. The van der Waals surface area contributed by atoms with Gasteiger partial charge in [-0.1, -0.05) is 107 Å². The summed E-state index contributed by atoms with van der Waals surface area (Å²) in [7, 11) is 0. The number of ether oxygens (including phenoxy) is 2. The number of rotatable bonds is 11. The molecule has 3 aromatic carbocycles. The van der Waals surface area contributed by atoms with E-state index in [1.807, 2.05) is 12.1 Å². The van der Waals surface area contributed by atoms with Gasteiger partial charge in [0.05, 0.1) is 12.0 Å². The van der Waals surface area contributed by atoms with Crippen molar-refractivity contribution in [2.75, 3.05) is 0 Å². The highest BCUT2D eigenvalue weighted by molar-refractivity contribution is 5.91. The molecule has 3 aromatic rings. The molecule has 0 fully saturated rings. The Morgan fingerprint density at radius 3 is 1.73 bits per heavy atom. The molecule has 0 saturated heterocycles. The van der Waals surface area contributed by atoms with Crippen LogP contribution in [0.4, 0.5) is 4.39 Å². The van der Waals surface area contributed by atoms with Gasteiger partial charge in [-0.3, -0.25) is 9.59 Å². The first-order chi connectivity index (χ1) is 23.1. The number of aliphatic carboxylic acids is 1. The molecule has 0 amide bonds. The average Bonchev–Trinajstić information content (AvgIpc) is 3.09. The highest BCUT2D eigenvalue weighted by atomic mass is 19.1. The maximum atomic E-state index is 12.7. The minimum absolute atomic E-state index is 0.0556. The maximum Gasteiger partial charge on any atom is 0.371 e. The molecule has 0 radical (unpaired) electrons. The average molecular weight is 659 g/mol. The van der Waals surface area contributed by atoms with Crippen molar-refractivity contribution in [3.05, 3.63) is 127 Å². The van der Waals surface area contributed by atoms with Gasteiger partial charge in [0.2, 0.25) is 5.83 Å². The zero-order valence-electron chi connectivity index (χ0n) is 27.4. The van der Waals surface area contributed by atoms with E-state index in [0.717, 1.165) is 24.0 Å². The molecular formula is C39H43FO8. The quantitative estimate of drug-likeness (QED) is 0.0521. The molecule has 0 unspecified atom stereocenters.